The Bertz CT molecular complexity index is 1450. The minimum Gasteiger partial charge on any atom is -0.486 e. The number of aryl methyl sites for hydroxylation is 2. The average Bonchev–Trinajstić information content (AvgIpc) is 3.51. The zero-order valence-electron chi connectivity index (χ0n) is 17.6. The van der Waals surface area contributed by atoms with Gasteiger partial charge < -0.3 is 18.8 Å². The van der Waals surface area contributed by atoms with Gasteiger partial charge in [0.15, 0.2) is 0 Å². The summed E-state index contributed by atoms with van der Waals surface area (Å²) in [5.41, 5.74) is 2.84. The maximum Gasteiger partial charge on any atom is 0.340 e. The zero-order valence-corrected chi connectivity index (χ0v) is 18.4. The molecule has 0 aliphatic carbocycles. The molecule has 0 atom stereocenters. The molecule has 0 spiro atoms. The highest BCUT2D eigenvalue weighted by molar-refractivity contribution is 7.09. The van der Waals surface area contributed by atoms with E-state index in [-0.39, 0.29) is 17.9 Å². The van der Waals surface area contributed by atoms with E-state index in [0.717, 1.165) is 10.6 Å². The van der Waals surface area contributed by atoms with Crippen molar-refractivity contribution in [3.8, 4) is 28.2 Å². The molecule has 9 heteroatoms. The number of aromatic carboxylic acids is 1. The fraction of sp³-hybridized carbons (Fsp3) is 0.125. The van der Waals surface area contributed by atoms with Gasteiger partial charge in [-0.05, 0) is 50.2 Å². The first kappa shape index (κ1) is 20.9. The van der Waals surface area contributed by atoms with Crippen LogP contribution in [0.4, 0.5) is 4.39 Å². The predicted octanol–water partition coefficient (Wildman–Crippen LogP) is 6.24. The number of rotatable bonds is 6. The molecule has 5 aromatic rings. The van der Waals surface area contributed by atoms with E-state index in [1.807, 2.05) is 12.3 Å². The van der Waals surface area contributed by atoms with Crippen LogP contribution in [0.3, 0.4) is 0 Å². The fourth-order valence-electron chi connectivity index (χ4n) is 3.79. The number of ether oxygens (including phenoxy) is 1. The highest BCUT2D eigenvalue weighted by Crippen LogP contribution is 2.42. The molecule has 0 unspecified atom stereocenters. The third kappa shape index (κ3) is 3.76. The maximum atomic E-state index is 13.4. The number of hydrogen-bond acceptors (Lipinski definition) is 7. The van der Waals surface area contributed by atoms with Crippen molar-refractivity contribution in [1.29, 1.82) is 0 Å². The molecule has 7 nitrogen and oxygen atoms in total. The van der Waals surface area contributed by atoms with Gasteiger partial charge in [0.2, 0.25) is 0 Å². The molecule has 1 N–H and O–H groups in total. The van der Waals surface area contributed by atoms with Gasteiger partial charge in [-0.15, -0.1) is 11.3 Å². The van der Waals surface area contributed by atoms with Crippen molar-refractivity contribution < 1.29 is 28.0 Å². The molecule has 0 aliphatic heterocycles. The van der Waals surface area contributed by atoms with E-state index >= 15 is 0 Å². The third-order valence-corrected chi connectivity index (χ3v) is 6.00. The summed E-state index contributed by atoms with van der Waals surface area (Å²) in [5.74, 6) is -0.413. The lowest BCUT2D eigenvalue weighted by molar-refractivity contribution is 0.0699. The molecule has 0 amide bonds. The number of thiazole rings is 1. The number of hydrogen-bond donors (Lipinski definition) is 1. The van der Waals surface area contributed by atoms with Gasteiger partial charge in [0, 0.05) is 28.1 Å². The van der Waals surface area contributed by atoms with Gasteiger partial charge in [0.05, 0.1) is 11.3 Å². The number of carboxylic acids is 1. The SMILES string of the molecule is Cc1noc(C)c1-c1cc2oc(-c3ccc(F)cc3)c(C(=O)O)c2cc1OCc1nccs1. The molecule has 0 bridgehead atoms. The van der Waals surface area contributed by atoms with E-state index in [2.05, 4.69) is 10.1 Å². The first-order chi connectivity index (χ1) is 15.9. The van der Waals surface area contributed by atoms with Crippen LogP contribution in [0.5, 0.6) is 5.75 Å². The molecular formula is C24H17FN2O5S. The minimum atomic E-state index is -1.16. The first-order valence-corrected chi connectivity index (χ1v) is 10.8. The van der Waals surface area contributed by atoms with Gasteiger partial charge in [-0.25, -0.2) is 14.2 Å². The first-order valence-electron chi connectivity index (χ1n) is 9.96. The molecule has 5 rings (SSSR count). The summed E-state index contributed by atoms with van der Waals surface area (Å²) in [5, 5.41) is 17.0. The van der Waals surface area contributed by atoms with Crippen LogP contribution in [0.2, 0.25) is 0 Å². The Kier molecular flexibility index (Phi) is 5.18. The lowest BCUT2D eigenvalue weighted by atomic mass is 9.99. The number of aromatic nitrogens is 2. The van der Waals surface area contributed by atoms with Crippen molar-refractivity contribution in [1.82, 2.24) is 10.1 Å². The second-order valence-electron chi connectivity index (χ2n) is 7.38. The molecular weight excluding hydrogens is 447 g/mol. The van der Waals surface area contributed by atoms with E-state index in [1.165, 1.54) is 35.6 Å². The van der Waals surface area contributed by atoms with Gasteiger partial charge in [0.25, 0.3) is 0 Å². The Morgan fingerprint density at radius 1 is 1.21 bits per heavy atom. The van der Waals surface area contributed by atoms with Gasteiger partial charge in [-0.2, -0.15) is 0 Å². The van der Waals surface area contributed by atoms with Crippen molar-refractivity contribution in [2.45, 2.75) is 20.5 Å². The smallest absolute Gasteiger partial charge is 0.340 e. The highest BCUT2D eigenvalue weighted by Gasteiger charge is 2.26. The largest absolute Gasteiger partial charge is 0.486 e. The second-order valence-corrected chi connectivity index (χ2v) is 8.36. The number of fused-ring (bicyclic) bond motifs is 1. The number of carbonyl (C=O) groups is 1. The average molecular weight is 464 g/mol. The van der Waals surface area contributed by atoms with E-state index in [1.54, 1.807) is 25.3 Å². The van der Waals surface area contributed by atoms with Crippen LogP contribution in [0, 0.1) is 19.7 Å². The summed E-state index contributed by atoms with van der Waals surface area (Å²) in [4.78, 5) is 16.4. The number of carboxylic acid groups (broad SMARTS) is 1. The third-order valence-electron chi connectivity index (χ3n) is 5.25. The maximum absolute atomic E-state index is 13.4. The second kappa shape index (κ2) is 8.18. The quantitative estimate of drug-likeness (QED) is 0.317. The van der Waals surface area contributed by atoms with E-state index in [4.69, 9.17) is 13.7 Å². The summed E-state index contributed by atoms with van der Waals surface area (Å²) in [6.07, 6.45) is 1.69. The van der Waals surface area contributed by atoms with Crippen molar-refractivity contribution in [3.63, 3.8) is 0 Å². The van der Waals surface area contributed by atoms with E-state index < -0.39 is 11.8 Å². The van der Waals surface area contributed by atoms with Gasteiger partial charge >= 0.3 is 5.97 Å². The Hall–Kier alpha value is -3.98. The molecule has 0 saturated heterocycles. The van der Waals surface area contributed by atoms with Gasteiger partial charge in [-0.3, -0.25) is 0 Å². The van der Waals surface area contributed by atoms with Crippen LogP contribution in [-0.2, 0) is 6.61 Å². The monoisotopic (exact) mass is 464 g/mol. The van der Waals surface area contributed by atoms with E-state index in [0.29, 0.717) is 39.3 Å². The lowest BCUT2D eigenvalue weighted by Gasteiger charge is -2.11. The topological polar surface area (TPSA) is 98.6 Å². The predicted molar refractivity (Wildman–Crippen MR) is 120 cm³/mol. The molecule has 0 radical (unpaired) electrons. The van der Waals surface area contributed by atoms with Crippen LogP contribution in [0.1, 0.15) is 26.8 Å². The van der Waals surface area contributed by atoms with E-state index in [9.17, 15) is 14.3 Å². The molecule has 33 heavy (non-hydrogen) atoms. The Balaban J connectivity index is 1.73. The van der Waals surface area contributed by atoms with Crippen LogP contribution >= 0.6 is 11.3 Å². The van der Waals surface area contributed by atoms with Crippen molar-refractivity contribution in [3.05, 3.63) is 75.8 Å². The van der Waals surface area contributed by atoms with Crippen LogP contribution in [0.25, 0.3) is 33.4 Å². The summed E-state index contributed by atoms with van der Waals surface area (Å²) < 4.78 is 30.8. The molecule has 0 saturated carbocycles. The Morgan fingerprint density at radius 2 is 2.00 bits per heavy atom. The number of halogens is 1. The van der Waals surface area contributed by atoms with Crippen molar-refractivity contribution >= 4 is 28.3 Å². The van der Waals surface area contributed by atoms with Crippen LogP contribution in [0.15, 0.2) is 56.9 Å². The van der Waals surface area contributed by atoms with Gasteiger partial charge in [0.1, 0.15) is 45.8 Å². The molecule has 2 aromatic carbocycles. The normalized spacial score (nSPS) is 11.2. The Morgan fingerprint density at radius 3 is 2.64 bits per heavy atom. The minimum absolute atomic E-state index is 0.0268. The Labute approximate surface area is 191 Å². The summed E-state index contributed by atoms with van der Waals surface area (Å²) in [7, 11) is 0. The highest BCUT2D eigenvalue weighted by atomic mass is 32.1. The van der Waals surface area contributed by atoms with Crippen LogP contribution in [-0.4, -0.2) is 21.2 Å². The fourth-order valence-corrected chi connectivity index (χ4v) is 4.31. The summed E-state index contributed by atoms with van der Waals surface area (Å²) in [6.45, 7) is 3.82. The molecule has 3 heterocycles. The van der Waals surface area contributed by atoms with Crippen molar-refractivity contribution in [2.24, 2.45) is 0 Å². The molecule has 166 valence electrons. The lowest BCUT2D eigenvalue weighted by Crippen LogP contribution is -1.99. The summed E-state index contributed by atoms with van der Waals surface area (Å²) >= 11 is 1.46. The number of benzene rings is 2. The van der Waals surface area contributed by atoms with Crippen LogP contribution < -0.4 is 4.74 Å². The standard InChI is InChI=1S/C24H17FN2O5S/c1-12-21(13(2)32-27-12)16-10-19-17(9-18(16)30-11-20-26-7-8-33-20)22(24(28)29)23(31-19)14-3-5-15(25)6-4-14/h3-10H,11H2,1-2H3,(H,28,29). The number of furan rings is 1. The summed E-state index contributed by atoms with van der Waals surface area (Å²) in [6, 6.07) is 8.84. The zero-order chi connectivity index (χ0) is 23.1. The molecule has 0 fully saturated rings. The van der Waals surface area contributed by atoms with Gasteiger partial charge in [-0.1, -0.05) is 5.16 Å². The molecule has 0 aliphatic rings. The van der Waals surface area contributed by atoms with Crippen molar-refractivity contribution in [2.75, 3.05) is 0 Å². The molecule has 3 aromatic heterocycles. The number of nitrogens with zero attached hydrogens (tertiary/aromatic N) is 2.